The number of hydrogen-bond acceptors (Lipinski definition) is 0. The first-order chi connectivity index (χ1) is 15.5. The van der Waals surface area contributed by atoms with Crippen LogP contribution in [0.4, 0.5) is 0 Å². The van der Waals surface area contributed by atoms with Crippen LogP contribution >= 0.6 is 24.8 Å². The quantitative estimate of drug-likeness (QED) is 0.181. The largest absolute Gasteiger partial charge is 2.00 e. The van der Waals surface area contributed by atoms with E-state index >= 15 is 0 Å². The number of rotatable bonds is 2. The maximum Gasteiger partial charge on any atom is 2.00 e. The summed E-state index contributed by atoms with van der Waals surface area (Å²) in [6.45, 7) is 8.56. The van der Waals surface area contributed by atoms with E-state index in [2.05, 4.69) is 134 Å². The van der Waals surface area contributed by atoms with Crippen LogP contribution in [0.25, 0.3) is 32.9 Å². The maximum atomic E-state index is 2.26. The van der Waals surface area contributed by atoms with Gasteiger partial charge in [0.15, 0.2) is 0 Å². The fraction of sp³-hybridized carbons (Fsp3) is 0.133. The van der Waals surface area contributed by atoms with Crippen LogP contribution in [-0.2, 0) is 26.2 Å². The van der Waals surface area contributed by atoms with Crippen molar-refractivity contribution in [3.63, 3.8) is 0 Å². The minimum Gasteiger partial charge on any atom is -0.400 e. The van der Waals surface area contributed by atoms with Gasteiger partial charge >= 0.3 is 26.2 Å². The van der Waals surface area contributed by atoms with Crippen molar-refractivity contribution in [2.75, 3.05) is 0 Å². The molecule has 0 saturated heterocycles. The van der Waals surface area contributed by atoms with E-state index in [4.69, 9.17) is 0 Å². The summed E-state index contributed by atoms with van der Waals surface area (Å²) in [6.07, 6.45) is 4.38. The van der Waals surface area contributed by atoms with Crippen molar-refractivity contribution in [1.29, 1.82) is 0 Å². The Bertz CT molecular complexity index is 1410. The molecule has 6 aromatic rings. The topological polar surface area (TPSA) is 9.86 Å². The molecule has 2 aromatic heterocycles. The van der Waals surface area contributed by atoms with Gasteiger partial charge < -0.3 is 9.13 Å². The molecule has 0 bridgehead atoms. The zero-order chi connectivity index (χ0) is 22.2. The summed E-state index contributed by atoms with van der Waals surface area (Å²) >= 11 is 0. The monoisotopic (exact) mass is 578 g/mol. The summed E-state index contributed by atoms with van der Waals surface area (Å²) in [7, 11) is 0. The Labute approximate surface area is 239 Å². The van der Waals surface area contributed by atoms with Gasteiger partial charge in [0.1, 0.15) is 0 Å². The second kappa shape index (κ2) is 12.1. The zero-order valence-electron chi connectivity index (χ0n) is 20.4. The van der Waals surface area contributed by atoms with E-state index in [0.29, 0.717) is 0 Å². The van der Waals surface area contributed by atoms with Gasteiger partial charge in [-0.25, -0.2) is 0 Å². The minimum atomic E-state index is 0. The Morgan fingerprint density at radius 1 is 0.543 bits per heavy atom. The third-order valence-electron chi connectivity index (χ3n) is 6.13. The Morgan fingerprint density at radius 3 is 1.26 bits per heavy atom. The molecule has 0 radical (unpaired) electrons. The molecule has 0 N–H and O–H groups in total. The predicted molar refractivity (Wildman–Crippen MR) is 151 cm³/mol. The van der Waals surface area contributed by atoms with Crippen LogP contribution in [0.5, 0.6) is 0 Å². The van der Waals surface area contributed by atoms with Crippen molar-refractivity contribution in [3.8, 4) is 11.4 Å². The van der Waals surface area contributed by atoms with E-state index in [1.807, 2.05) is 0 Å². The van der Waals surface area contributed by atoms with E-state index in [9.17, 15) is 0 Å². The SMILES string of the molecule is Cc1cc(C)n(-[c-]2ccc3ccccc32)c1.Cc1cc(C)n(-[c-]2ccc3ccccc32)c1.Cl.Cl.[Zr+2]. The van der Waals surface area contributed by atoms with Crippen LogP contribution in [0.2, 0.25) is 0 Å². The Hall–Kier alpha value is -2.32. The molecule has 0 spiro atoms. The van der Waals surface area contributed by atoms with E-state index < -0.39 is 0 Å². The van der Waals surface area contributed by atoms with Crippen molar-refractivity contribution in [2.24, 2.45) is 0 Å². The minimum absolute atomic E-state index is 0. The number of benzene rings is 2. The zero-order valence-corrected chi connectivity index (χ0v) is 24.5. The molecule has 2 nitrogen and oxygen atoms in total. The average molecular weight is 581 g/mol. The summed E-state index contributed by atoms with van der Waals surface area (Å²) < 4.78 is 4.52. The molecule has 0 aliphatic heterocycles. The third-order valence-corrected chi connectivity index (χ3v) is 6.13. The van der Waals surface area contributed by atoms with Gasteiger partial charge in [0, 0.05) is 0 Å². The Morgan fingerprint density at radius 2 is 0.914 bits per heavy atom. The fourth-order valence-electron chi connectivity index (χ4n) is 4.69. The number of aryl methyl sites for hydroxylation is 4. The van der Waals surface area contributed by atoms with Crippen molar-refractivity contribution < 1.29 is 26.2 Å². The molecule has 178 valence electrons. The van der Waals surface area contributed by atoms with Gasteiger partial charge in [-0.15, -0.1) is 49.1 Å². The van der Waals surface area contributed by atoms with Gasteiger partial charge in [-0.05, 0) is 62.9 Å². The van der Waals surface area contributed by atoms with Crippen molar-refractivity contribution in [2.45, 2.75) is 27.7 Å². The third kappa shape index (κ3) is 5.75. The van der Waals surface area contributed by atoms with Crippen molar-refractivity contribution in [3.05, 3.63) is 120 Å². The van der Waals surface area contributed by atoms with Gasteiger partial charge in [0.2, 0.25) is 0 Å². The smallest absolute Gasteiger partial charge is 0.400 e. The first kappa shape index (κ1) is 28.9. The molecule has 0 atom stereocenters. The summed E-state index contributed by atoms with van der Waals surface area (Å²) in [5.74, 6) is 0. The van der Waals surface area contributed by atoms with E-state index in [-0.39, 0.29) is 51.0 Å². The van der Waals surface area contributed by atoms with Crippen molar-refractivity contribution in [1.82, 2.24) is 9.13 Å². The van der Waals surface area contributed by atoms with E-state index in [1.54, 1.807) is 0 Å². The maximum absolute atomic E-state index is 2.26. The molecule has 35 heavy (non-hydrogen) atoms. The normalized spacial score (nSPS) is 10.2. The van der Waals surface area contributed by atoms with Gasteiger partial charge in [0.25, 0.3) is 0 Å². The van der Waals surface area contributed by atoms with Crippen LogP contribution in [0.3, 0.4) is 0 Å². The molecule has 0 amide bonds. The molecule has 6 rings (SSSR count). The first-order valence-electron chi connectivity index (χ1n) is 11.1. The van der Waals surface area contributed by atoms with Crippen LogP contribution in [0.15, 0.2) is 97.3 Å². The van der Waals surface area contributed by atoms with Gasteiger partial charge in [-0.3, -0.25) is 0 Å². The molecule has 0 unspecified atom stereocenters. The van der Waals surface area contributed by atoms with Crippen LogP contribution in [0.1, 0.15) is 22.5 Å². The van der Waals surface area contributed by atoms with Crippen LogP contribution in [-0.4, -0.2) is 9.13 Å². The van der Waals surface area contributed by atoms with E-state index in [1.165, 1.54) is 55.4 Å². The van der Waals surface area contributed by atoms with Crippen LogP contribution < -0.4 is 0 Å². The van der Waals surface area contributed by atoms with Crippen LogP contribution in [0, 0.1) is 27.7 Å². The molecular formula is C30H30Cl2N2Zr. The molecular weight excluding hydrogens is 550 g/mol. The summed E-state index contributed by atoms with van der Waals surface area (Å²) in [5, 5.41) is 5.26. The number of nitrogens with zero attached hydrogens (tertiary/aromatic N) is 2. The second-order valence-corrected chi connectivity index (χ2v) is 8.67. The number of fused-ring (bicyclic) bond motifs is 2. The number of halogens is 2. The summed E-state index contributed by atoms with van der Waals surface area (Å²) in [6, 6.07) is 30.2. The molecule has 4 aromatic carbocycles. The van der Waals surface area contributed by atoms with E-state index in [0.717, 1.165) is 0 Å². The van der Waals surface area contributed by atoms with Gasteiger partial charge in [0.05, 0.1) is 0 Å². The number of aromatic nitrogens is 2. The fourth-order valence-corrected chi connectivity index (χ4v) is 4.69. The van der Waals surface area contributed by atoms with Gasteiger partial charge in [-0.2, -0.15) is 0 Å². The predicted octanol–water partition coefficient (Wildman–Crippen LogP) is 8.77. The summed E-state index contributed by atoms with van der Waals surface area (Å²) in [4.78, 5) is 0. The first-order valence-corrected chi connectivity index (χ1v) is 11.1. The molecule has 5 heteroatoms. The molecule has 0 saturated carbocycles. The van der Waals surface area contributed by atoms with Gasteiger partial charge in [-0.1, -0.05) is 93.3 Å². The standard InChI is InChI=1S/2C15H14N.2ClH.Zr/c2*1-11-9-12(2)16(10-11)15-8-7-13-5-3-4-6-14(13)15;;;/h2*3-10H,1-2H3;2*1H;/q2*-1;;;+2. The number of hydrogen-bond donors (Lipinski definition) is 0. The molecule has 0 aliphatic rings. The van der Waals surface area contributed by atoms with Crippen molar-refractivity contribution >= 4 is 46.4 Å². The average Bonchev–Trinajstić information content (AvgIpc) is 3.54. The second-order valence-electron chi connectivity index (χ2n) is 8.67. The molecule has 0 fully saturated rings. The Balaban J connectivity index is 0.000000227. The molecule has 0 aliphatic carbocycles. The molecule has 2 heterocycles. The Kier molecular flexibility index (Phi) is 9.98. The summed E-state index contributed by atoms with van der Waals surface area (Å²) in [5.41, 5.74) is 7.75.